The van der Waals surface area contributed by atoms with Crippen molar-refractivity contribution in [2.75, 3.05) is 58.8 Å². The Morgan fingerprint density at radius 3 is 2.46 bits per heavy atom. The van der Waals surface area contributed by atoms with Crippen LogP contribution in [0.25, 0.3) is 10.9 Å². The van der Waals surface area contributed by atoms with Gasteiger partial charge in [-0.2, -0.15) is 0 Å². The average molecular weight is 554 g/mol. The number of H-pyrrole nitrogens is 1. The molecule has 0 spiro atoms. The highest BCUT2D eigenvalue weighted by Crippen LogP contribution is 2.32. The minimum absolute atomic E-state index is 0.0471. The number of rotatable bonds is 7. The van der Waals surface area contributed by atoms with Gasteiger partial charge in [0, 0.05) is 42.3 Å². The van der Waals surface area contributed by atoms with Gasteiger partial charge in [-0.15, -0.1) is 0 Å². The highest BCUT2D eigenvalue weighted by Gasteiger charge is 2.21. The molecule has 4 aromatic rings. The van der Waals surface area contributed by atoms with Crippen LogP contribution in [0.2, 0.25) is 0 Å². The second kappa shape index (κ2) is 12.4. The highest BCUT2D eigenvalue weighted by atomic mass is 16.5. The largest absolute Gasteiger partial charge is 0.494 e. The van der Waals surface area contributed by atoms with Crippen LogP contribution in [0, 0.1) is 0 Å². The molecule has 1 fully saturated rings. The van der Waals surface area contributed by atoms with Crippen LogP contribution in [0.1, 0.15) is 27.9 Å². The number of aromatic hydroxyl groups is 1. The average Bonchev–Trinajstić information content (AvgIpc) is 3.18. The number of anilines is 1. The molecule has 212 valence electrons. The minimum atomic E-state index is -0.456. The summed E-state index contributed by atoms with van der Waals surface area (Å²) in [5.74, 6) is -0.459. The van der Waals surface area contributed by atoms with Crippen LogP contribution in [0.15, 0.2) is 77.8 Å². The number of aromatic amines is 1. The van der Waals surface area contributed by atoms with Crippen molar-refractivity contribution >= 4 is 39.9 Å². The summed E-state index contributed by atoms with van der Waals surface area (Å²) < 4.78 is 4.84. The van der Waals surface area contributed by atoms with Crippen LogP contribution in [0.5, 0.6) is 5.88 Å². The van der Waals surface area contributed by atoms with Crippen molar-refractivity contribution in [3.8, 4) is 5.88 Å². The summed E-state index contributed by atoms with van der Waals surface area (Å²) in [7, 11) is 5.25. The highest BCUT2D eigenvalue weighted by molar-refractivity contribution is 6.22. The number of aliphatic imine (C=N–C) groups is 1. The monoisotopic (exact) mass is 553 g/mol. The second-order valence-electron chi connectivity index (χ2n) is 10.3. The van der Waals surface area contributed by atoms with Crippen molar-refractivity contribution in [2.24, 2.45) is 4.99 Å². The first-order valence-electron chi connectivity index (χ1n) is 13.7. The summed E-state index contributed by atoms with van der Waals surface area (Å²) in [5, 5.41) is 11.7. The lowest BCUT2D eigenvalue weighted by Crippen LogP contribution is -2.40. The zero-order valence-corrected chi connectivity index (χ0v) is 23.6. The molecule has 0 saturated carbocycles. The van der Waals surface area contributed by atoms with E-state index in [0.717, 1.165) is 49.2 Å². The van der Waals surface area contributed by atoms with Gasteiger partial charge in [0.25, 0.3) is 0 Å². The van der Waals surface area contributed by atoms with Gasteiger partial charge in [0.2, 0.25) is 5.91 Å². The number of likely N-dealkylation sites (N-methyl/N-ethyl adjacent to an activating group) is 2. The summed E-state index contributed by atoms with van der Waals surface area (Å²) >= 11 is 0. The Balaban J connectivity index is 1.43. The molecule has 0 unspecified atom stereocenters. The molecule has 0 radical (unpaired) electrons. The maximum Gasteiger partial charge on any atom is 0.337 e. The maximum absolute atomic E-state index is 13.0. The normalized spacial score (nSPS) is 15.0. The van der Waals surface area contributed by atoms with Gasteiger partial charge >= 0.3 is 5.97 Å². The number of aromatic nitrogens is 1. The molecule has 9 heteroatoms. The van der Waals surface area contributed by atoms with E-state index < -0.39 is 5.97 Å². The van der Waals surface area contributed by atoms with Gasteiger partial charge < -0.3 is 24.6 Å². The van der Waals surface area contributed by atoms with Gasteiger partial charge in [0.1, 0.15) is 0 Å². The van der Waals surface area contributed by atoms with Crippen LogP contribution in [-0.2, 0) is 9.53 Å². The first-order valence-corrected chi connectivity index (χ1v) is 13.7. The lowest BCUT2D eigenvalue weighted by Gasteiger charge is -2.24. The molecule has 1 aliphatic rings. The van der Waals surface area contributed by atoms with Gasteiger partial charge in [-0.25, -0.2) is 9.79 Å². The molecule has 9 nitrogen and oxygen atoms in total. The van der Waals surface area contributed by atoms with E-state index in [0.29, 0.717) is 34.6 Å². The van der Waals surface area contributed by atoms with E-state index >= 15 is 0 Å². The van der Waals surface area contributed by atoms with E-state index in [-0.39, 0.29) is 11.8 Å². The fourth-order valence-electron chi connectivity index (χ4n) is 5.11. The van der Waals surface area contributed by atoms with Crippen molar-refractivity contribution in [3.05, 3.63) is 89.5 Å². The van der Waals surface area contributed by atoms with Crippen LogP contribution in [0.4, 0.5) is 11.4 Å². The van der Waals surface area contributed by atoms with Gasteiger partial charge in [0.15, 0.2) is 5.88 Å². The lowest BCUT2D eigenvalue weighted by molar-refractivity contribution is -0.119. The van der Waals surface area contributed by atoms with E-state index in [9.17, 15) is 14.7 Å². The number of fused-ring (bicyclic) bond motifs is 1. The molecule has 5 rings (SSSR count). The maximum atomic E-state index is 13.0. The smallest absolute Gasteiger partial charge is 0.337 e. The number of nitrogens with one attached hydrogen (secondary N) is 1. The Morgan fingerprint density at radius 1 is 0.976 bits per heavy atom. The Kier molecular flexibility index (Phi) is 8.47. The lowest BCUT2D eigenvalue weighted by atomic mass is 10.00. The zero-order valence-electron chi connectivity index (χ0n) is 23.6. The van der Waals surface area contributed by atoms with Crippen LogP contribution < -0.4 is 4.90 Å². The van der Waals surface area contributed by atoms with E-state index in [1.54, 1.807) is 30.1 Å². The van der Waals surface area contributed by atoms with Gasteiger partial charge in [0.05, 0.1) is 36.2 Å². The number of benzene rings is 3. The molecule has 2 heterocycles. The molecule has 41 heavy (non-hydrogen) atoms. The third-order valence-electron chi connectivity index (χ3n) is 7.51. The summed E-state index contributed by atoms with van der Waals surface area (Å²) in [4.78, 5) is 39.2. The van der Waals surface area contributed by atoms with Crippen LogP contribution >= 0.6 is 0 Å². The van der Waals surface area contributed by atoms with E-state index in [1.807, 2.05) is 54.6 Å². The van der Waals surface area contributed by atoms with Gasteiger partial charge in [-0.1, -0.05) is 36.4 Å². The first kappa shape index (κ1) is 28.1. The molecule has 0 aliphatic carbocycles. The Bertz CT molecular complexity index is 1560. The molecule has 2 N–H and O–H groups in total. The van der Waals surface area contributed by atoms with Gasteiger partial charge in [-0.05, 0) is 63.0 Å². The number of methoxy groups -OCH3 is 1. The predicted molar refractivity (Wildman–Crippen MR) is 161 cm³/mol. The van der Waals surface area contributed by atoms with Gasteiger partial charge in [-0.3, -0.25) is 9.69 Å². The Labute approximate surface area is 239 Å². The molecule has 1 amide bonds. The number of hydrogen-bond donors (Lipinski definition) is 2. The molecule has 1 aliphatic heterocycles. The quantitative estimate of drug-likeness (QED) is 0.259. The Morgan fingerprint density at radius 2 is 1.73 bits per heavy atom. The predicted octanol–water partition coefficient (Wildman–Crippen LogP) is 4.43. The number of nitrogens with zero attached hydrogens (tertiary/aromatic N) is 4. The first-order chi connectivity index (χ1) is 19.8. The minimum Gasteiger partial charge on any atom is -0.494 e. The zero-order chi connectivity index (χ0) is 28.9. The topological polar surface area (TPSA) is 101 Å². The van der Waals surface area contributed by atoms with E-state index in [1.165, 1.54) is 7.11 Å². The molecule has 0 bridgehead atoms. The number of amides is 1. The van der Waals surface area contributed by atoms with Crippen molar-refractivity contribution in [2.45, 2.75) is 6.42 Å². The fourth-order valence-corrected chi connectivity index (χ4v) is 5.11. The van der Waals surface area contributed by atoms with Crippen molar-refractivity contribution < 1.29 is 19.4 Å². The summed E-state index contributed by atoms with van der Waals surface area (Å²) in [6.45, 7) is 4.21. The van der Waals surface area contributed by atoms with Crippen molar-refractivity contribution in [1.29, 1.82) is 0 Å². The number of hydrogen-bond acceptors (Lipinski definition) is 7. The van der Waals surface area contributed by atoms with E-state index in [2.05, 4.69) is 21.8 Å². The van der Waals surface area contributed by atoms with Crippen LogP contribution in [-0.4, -0.2) is 91.4 Å². The van der Waals surface area contributed by atoms with Crippen LogP contribution in [0.3, 0.4) is 0 Å². The summed E-state index contributed by atoms with van der Waals surface area (Å²) in [6, 6.07) is 22.2. The third kappa shape index (κ3) is 6.32. The standard InChI is InChI=1S/C32H35N5O4/c1-35-16-7-17-37(19-18-35)21-28(38)36(2)25-13-11-24(12-14-25)33-30(22-8-5-4-6-9-22)29-26-15-10-23(32(40)41-3)20-27(26)34-31(29)39/h4-6,8-15,20,34,39H,7,16-19,21H2,1-3H3. The second-order valence-corrected chi connectivity index (χ2v) is 10.3. The van der Waals surface area contributed by atoms with E-state index in [4.69, 9.17) is 9.73 Å². The third-order valence-corrected chi connectivity index (χ3v) is 7.51. The fraction of sp³-hybridized carbons (Fsp3) is 0.281. The molecular formula is C32H35N5O4. The molecule has 3 aromatic carbocycles. The Hall–Kier alpha value is -4.47. The SMILES string of the molecule is COC(=O)c1ccc2c(C(=Nc3ccc(N(C)C(=O)CN4CCCN(C)CC4)cc3)c3ccccc3)c(O)[nH]c2c1. The molecule has 0 atom stereocenters. The van der Waals surface area contributed by atoms with Crippen molar-refractivity contribution in [1.82, 2.24) is 14.8 Å². The molecular weight excluding hydrogens is 518 g/mol. The number of ether oxygens (including phenoxy) is 1. The number of carbonyl (C=O) groups excluding carboxylic acids is 2. The number of esters is 1. The van der Waals surface area contributed by atoms with Crippen molar-refractivity contribution in [3.63, 3.8) is 0 Å². The molecule has 1 aromatic heterocycles. The number of carbonyl (C=O) groups is 2. The summed E-state index contributed by atoms with van der Waals surface area (Å²) in [5.41, 5.74) is 4.35. The summed E-state index contributed by atoms with van der Waals surface area (Å²) in [6.07, 6.45) is 1.06. The molecule has 1 saturated heterocycles.